The number of anilines is 1. The van der Waals surface area contributed by atoms with E-state index in [2.05, 4.69) is 41.1 Å². The van der Waals surface area contributed by atoms with Crippen molar-refractivity contribution in [3.8, 4) is 0 Å². The van der Waals surface area contributed by atoms with E-state index in [1.54, 1.807) is 0 Å². The summed E-state index contributed by atoms with van der Waals surface area (Å²) < 4.78 is 1.06. The number of halogens is 1. The van der Waals surface area contributed by atoms with Crippen LogP contribution in [0.1, 0.15) is 81.5 Å². The van der Waals surface area contributed by atoms with Gasteiger partial charge in [0, 0.05) is 22.0 Å². The molecule has 2 nitrogen and oxygen atoms in total. The first-order valence-electron chi connectivity index (χ1n) is 10.3. The quantitative estimate of drug-likeness (QED) is 0.348. The Bertz CT molecular complexity index is 755. The van der Waals surface area contributed by atoms with Crippen molar-refractivity contribution >= 4 is 38.3 Å². The van der Waals surface area contributed by atoms with Gasteiger partial charge in [0.15, 0.2) is 0 Å². The van der Waals surface area contributed by atoms with Gasteiger partial charge in [-0.2, -0.15) is 0 Å². The number of rotatable bonds is 11. The van der Waals surface area contributed by atoms with Crippen LogP contribution in [0.4, 0.5) is 5.69 Å². The van der Waals surface area contributed by atoms with Crippen LogP contribution in [0.15, 0.2) is 34.8 Å². The molecule has 1 aliphatic rings. The van der Waals surface area contributed by atoms with Gasteiger partial charge in [-0.05, 0) is 30.0 Å². The van der Waals surface area contributed by atoms with Crippen LogP contribution in [0.3, 0.4) is 0 Å². The number of carbonyl (C=O) groups excluding carboxylic acids is 1. The van der Waals surface area contributed by atoms with Crippen molar-refractivity contribution in [2.75, 3.05) is 11.4 Å². The molecule has 0 saturated heterocycles. The van der Waals surface area contributed by atoms with Crippen LogP contribution >= 0.6 is 15.9 Å². The maximum atomic E-state index is 12.8. The van der Waals surface area contributed by atoms with Gasteiger partial charge in [-0.25, -0.2) is 0 Å². The van der Waals surface area contributed by atoms with Gasteiger partial charge < -0.3 is 4.90 Å². The van der Waals surface area contributed by atoms with E-state index in [1.165, 1.54) is 57.8 Å². The number of hydrogen-bond donors (Lipinski definition) is 0. The van der Waals surface area contributed by atoms with Crippen molar-refractivity contribution in [3.63, 3.8) is 0 Å². The lowest BCUT2D eigenvalue weighted by molar-refractivity contribution is 0.0992. The lowest BCUT2D eigenvalue weighted by atomic mass is 10.1. The maximum Gasteiger partial charge on any atom is 0.258 e. The molecule has 140 valence electrons. The molecular formula is C23H30BrNO. The molecule has 0 N–H and O–H groups in total. The summed E-state index contributed by atoms with van der Waals surface area (Å²) in [6, 6.07) is 10.2. The van der Waals surface area contributed by atoms with Crippen LogP contribution in [0, 0.1) is 0 Å². The zero-order valence-electron chi connectivity index (χ0n) is 15.9. The minimum absolute atomic E-state index is 0.166. The predicted molar refractivity (Wildman–Crippen MR) is 115 cm³/mol. The minimum atomic E-state index is 0.166. The summed E-state index contributed by atoms with van der Waals surface area (Å²) in [6.45, 7) is 3.10. The molecule has 2 aromatic carbocycles. The van der Waals surface area contributed by atoms with Crippen LogP contribution in [0.25, 0.3) is 10.8 Å². The van der Waals surface area contributed by atoms with E-state index in [4.69, 9.17) is 0 Å². The Balaban J connectivity index is 1.45. The van der Waals surface area contributed by atoms with E-state index in [-0.39, 0.29) is 5.91 Å². The first-order chi connectivity index (χ1) is 12.7. The Morgan fingerprint density at radius 3 is 2.19 bits per heavy atom. The normalized spacial score (nSPS) is 13.2. The van der Waals surface area contributed by atoms with E-state index < -0.39 is 0 Å². The second kappa shape index (κ2) is 9.55. The highest BCUT2D eigenvalue weighted by atomic mass is 79.9. The van der Waals surface area contributed by atoms with Crippen LogP contribution < -0.4 is 4.90 Å². The Labute approximate surface area is 166 Å². The Morgan fingerprint density at radius 2 is 1.50 bits per heavy atom. The van der Waals surface area contributed by atoms with Crippen molar-refractivity contribution in [2.45, 2.75) is 71.1 Å². The van der Waals surface area contributed by atoms with Gasteiger partial charge in [0.05, 0.1) is 5.69 Å². The molecule has 0 atom stereocenters. The molecular weight excluding hydrogens is 386 g/mol. The van der Waals surface area contributed by atoms with E-state index in [0.29, 0.717) is 0 Å². The molecule has 26 heavy (non-hydrogen) atoms. The van der Waals surface area contributed by atoms with Crippen molar-refractivity contribution in [1.29, 1.82) is 0 Å². The van der Waals surface area contributed by atoms with Crippen LogP contribution in [-0.4, -0.2) is 12.5 Å². The summed E-state index contributed by atoms with van der Waals surface area (Å²) in [5, 5.41) is 2.25. The molecule has 3 rings (SSSR count). The molecule has 0 saturated carbocycles. The molecule has 0 spiro atoms. The summed E-state index contributed by atoms with van der Waals surface area (Å²) in [5.74, 6) is 0.166. The lowest BCUT2D eigenvalue weighted by Gasteiger charge is -2.17. The number of unbranched alkanes of at least 4 members (excludes halogenated alkanes) is 9. The predicted octanol–water partition coefficient (Wildman–Crippen LogP) is 7.48. The fraction of sp³-hybridized carbons (Fsp3) is 0.522. The molecule has 1 aliphatic heterocycles. The van der Waals surface area contributed by atoms with Crippen LogP contribution in [0.5, 0.6) is 0 Å². The van der Waals surface area contributed by atoms with Gasteiger partial charge in [-0.3, -0.25) is 4.79 Å². The third kappa shape index (κ3) is 4.31. The summed E-state index contributed by atoms with van der Waals surface area (Å²) >= 11 is 3.61. The second-order valence-corrected chi connectivity index (χ2v) is 8.29. The molecule has 0 bridgehead atoms. The average Bonchev–Trinajstić information content (AvgIpc) is 2.93. The van der Waals surface area contributed by atoms with Crippen molar-refractivity contribution in [2.24, 2.45) is 0 Å². The minimum Gasteiger partial charge on any atom is -0.308 e. The monoisotopic (exact) mass is 415 g/mol. The molecule has 1 heterocycles. The Morgan fingerprint density at radius 1 is 0.846 bits per heavy atom. The molecule has 0 aliphatic carbocycles. The van der Waals surface area contributed by atoms with Crippen molar-refractivity contribution < 1.29 is 4.79 Å². The van der Waals surface area contributed by atoms with Crippen molar-refractivity contribution in [1.82, 2.24) is 0 Å². The number of nitrogens with zero attached hydrogens (tertiary/aromatic N) is 1. The van der Waals surface area contributed by atoms with E-state index in [9.17, 15) is 4.79 Å². The maximum absolute atomic E-state index is 12.8. The third-order valence-electron chi connectivity index (χ3n) is 5.47. The van der Waals surface area contributed by atoms with E-state index in [0.717, 1.165) is 39.5 Å². The second-order valence-electron chi connectivity index (χ2n) is 7.43. The fourth-order valence-corrected chi connectivity index (χ4v) is 4.45. The summed E-state index contributed by atoms with van der Waals surface area (Å²) in [6.07, 6.45) is 13.2. The molecule has 2 aromatic rings. The van der Waals surface area contributed by atoms with Gasteiger partial charge in [0.1, 0.15) is 0 Å². The first-order valence-corrected chi connectivity index (χ1v) is 11.1. The number of benzene rings is 2. The van der Waals surface area contributed by atoms with Gasteiger partial charge in [0.25, 0.3) is 5.91 Å². The first kappa shape index (κ1) is 19.4. The largest absolute Gasteiger partial charge is 0.308 e. The highest BCUT2D eigenvalue weighted by molar-refractivity contribution is 9.10. The molecule has 0 unspecified atom stereocenters. The van der Waals surface area contributed by atoms with Crippen molar-refractivity contribution in [3.05, 3.63) is 40.4 Å². The topological polar surface area (TPSA) is 20.3 Å². The van der Waals surface area contributed by atoms with E-state index in [1.807, 2.05) is 17.0 Å². The number of hydrogen-bond acceptors (Lipinski definition) is 1. The van der Waals surface area contributed by atoms with Gasteiger partial charge >= 0.3 is 0 Å². The molecule has 1 amide bonds. The van der Waals surface area contributed by atoms with Crippen LogP contribution in [0.2, 0.25) is 0 Å². The molecule has 0 fully saturated rings. The Hall–Kier alpha value is -1.35. The summed E-state index contributed by atoms with van der Waals surface area (Å²) in [7, 11) is 0. The van der Waals surface area contributed by atoms with Gasteiger partial charge in [-0.1, -0.05) is 92.8 Å². The highest BCUT2D eigenvalue weighted by Crippen LogP contribution is 2.40. The smallest absolute Gasteiger partial charge is 0.258 e. The van der Waals surface area contributed by atoms with Crippen LogP contribution in [-0.2, 0) is 0 Å². The third-order valence-corrected chi connectivity index (χ3v) is 6.16. The lowest BCUT2D eigenvalue weighted by Crippen LogP contribution is -2.27. The molecule has 3 heteroatoms. The summed E-state index contributed by atoms with van der Waals surface area (Å²) in [4.78, 5) is 14.8. The van der Waals surface area contributed by atoms with Gasteiger partial charge in [0.2, 0.25) is 0 Å². The Kier molecular flexibility index (Phi) is 7.13. The molecule has 0 aromatic heterocycles. The summed E-state index contributed by atoms with van der Waals surface area (Å²) in [5.41, 5.74) is 1.94. The number of carbonyl (C=O) groups is 1. The van der Waals surface area contributed by atoms with Gasteiger partial charge in [-0.15, -0.1) is 0 Å². The standard InChI is InChI=1S/C23H30BrNO/c1-2-3-4-5-6-7-8-9-10-11-17-25-21-14-12-13-18-20(24)16-15-19(22(18)21)23(25)26/h12-16H,2-11,17H2,1H3. The SMILES string of the molecule is CCCCCCCCCCCCN1C(=O)c2ccc(Br)c3cccc1c23. The average molecular weight is 416 g/mol. The number of amides is 1. The zero-order valence-corrected chi connectivity index (χ0v) is 17.5. The molecule has 0 radical (unpaired) electrons. The van der Waals surface area contributed by atoms with E-state index >= 15 is 0 Å². The zero-order chi connectivity index (χ0) is 18.4. The fourth-order valence-electron chi connectivity index (χ4n) is 3.99. The highest BCUT2D eigenvalue weighted by Gasteiger charge is 2.29.